The van der Waals surface area contributed by atoms with E-state index in [1.54, 1.807) is 13.8 Å². The third-order valence-corrected chi connectivity index (χ3v) is 7.74. The number of hydrogen-bond donors (Lipinski definition) is 1. The zero-order chi connectivity index (χ0) is 19.5. The van der Waals surface area contributed by atoms with E-state index in [4.69, 9.17) is 4.99 Å². The second-order valence-electron chi connectivity index (χ2n) is 7.71. The fraction of sp³-hybridized carbons (Fsp3) is 0.550. The Labute approximate surface area is 186 Å². The summed E-state index contributed by atoms with van der Waals surface area (Å²) in [4.78, 5) is 9.14. The van der Waals surface area contributed by atoms with Crippen LogP contribution in [-0.2, 0) is 16.4 Å². The highest BCUT2D eigenvalue weighted by molar-refractivity contribution is 14.0. The van der Waals surface area contributed by atoms with Crippen LogP contribution in [-0.4, -0.2) is 62.5 Å². The quantitative estimate of drug-likeness (QED) is 0.288. The average Bonchev–Trinajstić information content (AvgIpc) is 3.16. The first kappa shape index (κ1) is 23.0. The van der Waals surface area contributed by atoms with Gasteiger partial charge in [-0.2, -0.15) is 0 Å². The molecular weight excluding hydrogens is 487 g/mol. The summed E-state index contributed by atoms with van der Waals surface area (Å²) in [6, 6.07) is 8.51. The second kappa shape index (κ2) is 9.47. The van der Waals surface area contributed by atoms with Crippen LogP contribution in [0.2, 0.25) is 0 Å². The Morgan fingerprint density at radius 1 is 1.18 bits per heavy atom. The fourth-order valence-corrected chi connectivity index (χ4v) is 4.78. The Hall–Kier alpha value is -1.29. The van der Waals surface area contributed by atoms with Gasteiger partial charge in [-0.05, 0) is 38.5 Å². The summed E-state index contributed by atoms with van der Waals surface area (Å²) < 4.78 is 23.8. The molecule has 0 bridgehead atoms. The monoisotopic (exact) mass is 518 g/mol. The largest absolute Gasteiger partial charge is 0.364 e. The molecule has 0 unspecified atom stereocenters. The number of sulfone groups is 1. The summed E-state index contributed by atoms with van der Waals surface area (Å²) in [7, 11) is -3.06. The molecule has 3 rings (SSSR count). The van der Waals surface area contributed by atoms with Gasteiger partial charge in [-0.15, -0.1) is 24.0 Å². The molecule has 6 nitrogen and oxygen atoms in total. The van der Waals surface area contributed by atoms with Crippen molar-refractivity contribution in [2.45, 2.75) is 32.1 Å². The zero-order valence-electron chi connectivity index (χ0n) is 16.9. The highest BCUT2D eigenvalue weighted by atomic mass is 127. The van der Waals surface area contributed by atoms with E-state index in [1.807, 2.05) is 6.92 Å². The first-order valence-electron chi connectivity index (χ1n) is 9.57. The molecular formula is C20H31IN4O2S. The molecule has 1 saturated heterocycles. The van der Waals surface area contributed by atoms with Crippen LogP contribution < -0.4 is 10.2 Å². The molecule has 1 aromatic rings. The first-order valence-corrected chi connectivity index (χ1v) is 11.2. The highest BCUT2D eigenvalue weighted by Crippen LogP contribution is 2.24. The Morgan fingerprint density at radius 2 is 1.82 bits per heavy atom. The van der Waals surface area contributed by atoms with Gasteiger partial charge < -0.3 is 15.1 Å². The van der Waals surface area contributed by atoms with Crippen LogP contribution in [0.3, 0.4) is 0 Å². The molecule has 28 heavy (non-hydrogen) atoms. The van der Waals surface area contributed by atoms with Crippen molar-refractivity contribution in [3.8, 4) is 0 Å². The molecule has 0 spiro atoms. The normalized spacial score (nSPS) is 20.8. The Kier molecular flexibility index (Phi) is 7.78. The van der Waals surface area contributed by atoms with Gasteiger partial charge in [-0.25, -0.2) is 13.4 Å². The summed E-state index contributed by atoms with van der Waals surface area (Å²) >= 11 is 0. The number of anilines is 1. The summed E-state index contributed by atoms with van der Waals surface area (Å²) in [5, 5.41) is 3.31. The molecule has 0 radical (unpaired) electrons. The SMILES string of the molecule is CCNC(=NCc1ccc(N2CC=CC2)cc1)N1CCS(=O)(=O)C(C)(C)C1.I. The van der Waals surface area contributed by atoms with Crippen molar-refractivity contribution in [2.75, 3.05) is 43.4 Å². The number of rotatable bonds is 4. The maximum absolute atomic E-state index is 12.3. The zero-order valence-corrected chi connectivity index (χ0v) is 20.0. The van der Waals surface area contributed by atoms with Crippen LogP contribution >= 0.6 is 24.0 Å². The van der Waals surface area contributed by atoms with Crippen molar-refractivity contribution in [2.24, 2.45) is 4.99 Å². The molecule has 1 aromatic carbocycles. The number of benzene rings is 1. The van der Waals surface area contributed by atoms with Gasteiger partial charge in [0.15, 0.2) is 15.8 Å². The number of hydrogen-bond acceptors (Lipinski definition) is 4. The van der Waals surface area contributed by atoms with Crippen molar-refractivity contribution in [3.63, 3.8) is 0 Å². The van der Waals surface area contributed by atoms with E-state index in [0.29, 0.717) is 19.6 Å². The van der Waals surface area contributed by atoms with Crippen LogP contribution in [0.15, 0.2) is 41.4 Å². The first-order chi connectivity index (χ1) is 12.8. The van der Waals surface area contributed by atoms with Crippen molar-refractivity contribution in [3.05, 3.63) is 42.0 Å². The molecule has 8 heteroatoms. The number of halogens is 1. The minimum Gasteiger partial charge on any atom is -0.364 e. The topological polar surface area (TPSA) is 65.0 Å². The summed E-state index contributed by atoms with van der Waals surface area (Å²) in [5.74, 6) is 0.955. The lowest BCUT2D eigenvalue weighted by atomic mass is 10.2. The fourth-order valence-electron chi connectivity index (χ4n) is 3.42. The number of aliphatic imine (C=N–C) groups is 1. The third-order valence-electron chi connectivity index (χ3n) is 5.21. The van der Waals surface area contributed by atoms with Gasteiger partial charge in [-0.3, -0.25) is 0 Å². The second-order valence-corrected chi connectivity index (χ2v) is 10.5. The van der Waals surface area contributed by atoms with Gasteiger partial charge >= 0.3 is 0 Å². The van der Waals surface area contributed by atoms with E-state index in [1.165, 1.54) is 5.69 Å². The lowest BCUT2D eigenvalue weighted by molar-refractivity contribution is 0.353. The van der Waals surface area contributed by atoms with Crippen LogP contribution in [0.1, 0.15) is 26.3 Å². The van der Waals surface area contributed by atoms with Crippen LogP contribution in [0.4, 0.5) is 5.69 Å². The molecule has 0 aliphatic carbocycles. The molecule has 2 aliphatic rings. The van der Waals surface area contributed by atoms with Gasteiger partial charge in [0.25, 0.3) is 0 Å². The van der Waals surface area contributed by atoms with Gasteiger partial charge in [0, 0.05) is 38.4 Å². The summed E-state index contributed by atoms with van der Waals surface area (Å²) in [6.45, 7) is 9.83. The molecule has 0 aromatic heterocycles. The van der Waals surface area contributed by atoms with Crippen molar-refractivity contribution < 1.29 is 8.42 Å². The molecule has 0 amide bonds. The maximum Gasteiger partial charge on any atom is 0.194 e. The minimum atomic E-state index is -3.06. The van der Waals surface area contributed by atoms with Crippen molar-refractivity contribution in [1.82, 2.24) is 10.2 Å². The molecule has 2 aliphatic heterocycles. The van der Waals surface area contributed by atoms with E-state index in [9.17, 15) is 8.42 Å². The van der Waals surface area contributed by atoms with Gasteiger partial charge in [0.1, 0.15) is 0 Å². The summed E-state index contributed by atoms with van der Waals surface area (Å²) in [5.41, 5.74) is 2.37. The van der Waals surface area contributed by atoms with Crippen LogP contribution in [0, 0.1) is 0 Å². The molecule has 0 saturated carbocycles. The molecule has 0 atom stereocenters. The Bertz CT molecular complexity index is 811. The predicted molar refractivity (Wildman–Crippen MR) is 127 cm³/mol. The van der Waals surface area contributed by atoms with E-state index < -0.39 is 14.6 Å². The van der Waals surface area contributed by atoms with Crippen LogP contribution in [0.5, 0.6) is 0 Å². The minimum absolute atomic E-state index is 0. The third kappa shape index (κ3) is 5.20. The summed E-state index contributed by atoms with van der Waals surface area (Å²) in [6.07, 6.45) is 4.36. The molecule has 1 fully saturated rings. The van der Waals surface area contributed by atoms with Gasteiger partial charge in [0.2, 0.25) is 0 Å². The smallest absolute Gasteiger partial charge is 0.194 e. The molecule has 2 heterocycles. The van der Waals surface area contributed by atoms with Crippen molar-refractivity contribution >= 4 is 45.5 Å². The number of nitrogens with zero attached hydrogens (tertiary/aromatic N) is 3. The average molecular weight is 518 g/mol. The van der Waals surface area contributed by atoms with E-state index in [-0.39, 0.29) is 29.7 Å². The van der Waals surface area contributed by atoms with Gasteiger partial charge in [-0.1, -0.05) is 24.3 Å². The maximum atomic E-state index is 12.3. The lowest BCUT2D eigenvalue weighted by Crippen LogP contribution is -2.57. The standard InChI is InChI=1S/C20H30N4O2S.HI/c1-4-21-19(24-13-14-27(25,26)20(2,3)16-24)22-15-17-7-9-18(10-8-17)23-11-5-6-12-23;/h5-10H,4,11-16H2,1-3H3,(H,21,22);1H. The van der Waals surface area contributed by atoms with Crippen LogP contribution in [0.25, 0.3) is 0 Å². The van der Waals surface area contributed by atoms with Crippen molar-refractivity contribution in [1.29, 1.82) is 0 Å². The lowest BCUT2D eigenvalue weighted by Gasteiger charge is -2.39. The molecule has 156 valence electrons. The Morgan fingerprint density at radius 3 is 2.39 bits per heavy atom. The van der Waals surface area contributed by atoms with E-state index >= 15 is 0 Å². The van der Waals surface area contributed by atoms with Gasteiger partial charge in [0.05, 0.1) is 17.0 Å². The highest BCUT2D eigenvalue weighted by Gasteiger charge is 2.40. The number of nitrogens with one attached hydrogen (secondary N) is 1. The number of guanidine groups is 1. The van der Waals surface area contributed by atoms with E-state index in [2.05, 4.69) is 51.5 Å². The molecule has 1 N–H and O–H groups in total. The predicted octanol–water partition coefficient (Wildman–Crippen LogP) is 2.66. The van der Waals surface area contributed by atoms with E-state index in [0.717, 1.165) is 31.2 Å². The Balaban J connectivity index is 0.00000280.